The Morgan fingerprint density at radius 1 is 1.11 bits per heavy atom. The molecule has 0 spiro atoms. The van der Waals surface area contributed by atoms with Crippen LogP contribution >= 0.6 is 0 Å². The molecule has 1 fully saturated rings. The van der Waals surface area contributed by atoms with Crippen molar-refractivity contribution in [1.29, 1.82) is 0 Å². The average molecular weight is 386 g/mol. The van der Waals surface area contributed by atoms with Gasteiger partial charge in [0.1, 0.15) is 11.6 Å². The molecule has 1 atom stereocenters. The van der Waals surface area contributed by atoms with Gasteiger partial charge in [0.05, 0.1) is 12.3 Å². The van der Waals surface area contributed by atoms with Crippen molar-refractivity contribution in [3.8, 4) is 0 Å². The van der Waals surface area contributed by atoms with E-state index in [0.29, 0.717) is 25.1 Å². The molecule has 0 aliphatic carbocycles. The molecule has 28 heavy (non-hydrogen) atoms. The number of hydrogen-bond donors (Lipinski definition) is 0. The quantitative estimate of drug-likeness (QED) is 0.790. The van der Waals surface area contributed by atoms with Gasteiger partial charge < -0.3 is 9.80 Å². The number of rotatable bonds is 5. The zero-order valence-corrected chi connectivity index (χ0v) is 15.9. The third-order valence-corrected chi connectivity index (χ3v) is 5.13. The molecule has 0 bridgehead atoms. The molecule has 1 heterocycles. The van der Waals surface area contributed by atoms with Crippen molar-refractivity contribution in [2.75, 3.05) is 20.1 Å². The van der Waals surface area contributed by atoms with Crippen LogP contribution in [0.3, 0.4) is 0 Å². The Morgan fingerprint density at radius 3 is 2.54 bits per heavy atom. The van der Waals surface area contributed by atoms with Crippen LogP contribution in [0.1, 0.15) is 24.0 Å². The maximum absolute atomic E-state index is 13.8. The molecule has 0 aromatic heterocycles. The van der Waals surface area contributed by atoms with Crippen molar-refractivity contribution >= 4 is 11.8 Å². The van der Waals surface area contributed by atoms with Crippen LogP contribution in [0, 0.1) is 17.6 Å². The number of likely N-dealkylation sites (tertiary alicyclic amines) is 1. The number of hydrogen-bond acceptors (Lipinski definition) is 2. The van der Waals surface area contributed by atoms with E-state index in [1.807, 2.05) is 0 Å². The van der Waals surface area contributed by atoms with Gasteiger partial charge >= 0.3 is 0 Å². The van der Waals surface area contributed by atoms with Crippen molar-refractivity contribution in [3.05, 3.63) is 71.3 Å². The first-order valence-electron chi connectivity index (χ1n) is 9.44. The highest BCUT2D eigenvalue weighted by Crippen LogP contribution is 2.21. The summed E-state index contributed by atoms with van der Waals surface area (Å²) >= 11 is 0. The Bertz CT molecular complexity index is 839. The van der Waals surface area contributed by atoms with Crippen LogP contribution in [0.2, 0.25) is 0 Å². The van der Waals surface area contributed by atoms with Gasteiger partial charge in [0.25, 0.3) is 0 Å². The number of carbonyl (C=O) groups is 2. The van der Waals surface area contributed by atoms with E-state index in [2.05, 4.69) is 0 Å². The van der Waals surface area contributed by atoms with Crippen molar-refractivity contribution < 1.29 is 18.4 Å². The predicted molar refractivity (Wildman–Crippen MR) is 102 cm³/mol. The lowest BCUT2D eigenvalue weighted by Gasteiger charge is -2.34. The summed E-state index contributed by atoms with van der Waals surface area (Å²) in [5, 5.41) is 0. The summed E-state index contributed by atoms with van der Waals surface area (Å²) in [6.45, 7) is 1.17. The summed E-state index contributed by atoms with van der Waals surface area (Å²) in [7, 11) is 1.66. The van der Waals surface area contributed by atoms with Gasteiger partial charge in [-0.15, -0.1) is 0 Å². The summed E-state index contributed by atoms with van der Waals surface area (Å²) in [6, 6.07) is 12.3. The number of benzene rings is 2. The SMILES string of the molecule is CN(Cc1ccccc1F)C(=O)C1CCCN(C(=O)Cc2ccc(F)cc2)C1. The Morgan fingerprint density at radius 2 is 1.82 bits per heavy atom. The second kappa shape index (κ2) is 8.95. The van der Waals surface area contributed by atoms with E-state index in [-0.39, 0.29) is 42.3 Å². The topological polar surface area (TPSA) is 40.6 Å². The number of carbonyl (C=O) groups excluding carboxylic acids is 2. The maximum atomic E-state index is 13.8. The van der Waals surface area contributed by atoms with Crippen molar-refractivity contribution in [1.82, 2.24) is 9.80 Å². The molecular formula is C22H24F2N2O2. The molecule has 0 radical (unpaired) electrons. The minimum absolute atomic E-state index is 0.0686. The molecule has 1 unspecified atom stereocenters. The van der Waals surface area contributed by atoms with E-state index in [4.69, 9.17) is 0 Å². The minimum Gasteiger partial charge on any atom is -0.342 e. The van der Waals surface area contributed by atoms with Gasteiger partial charge in [-0.2, -0.15) is 0 Å². The first-order valence-corrected chi connectivity index (χ1v) is 9.44. The van der Waals surface area contributed by atoms with Crippen LogP contribution < -0.4 is 0 Å². The first kappa shape index (κ1) is 20.0. The molecule has 1 aliphatic heterocycles. The van der Waals surface area contributed by atoms with E-state index >= 15 is 0 Å². The highest BCUT2D eigenvalue weighted by Gasteiger charge is 2.30. The minimum atomic E-state index is -0.335. The monoisotopic (exact) mass is 386 g/mol. The maximum Gasteiger partial charge on any atom is 0.227 e. The lowest BCUT2D eigenvalue weighted by atomic mass is 9.95. The third-order valence-electron chi connectivity index (χ3n) is 5.13. The van der Waals surface area contributed by atoms with Crippen LogP contribution in [-0.2, 0) is 22.6 Å². The standard InChI is InChI=1S/C22H24F2N2O2/c1-25(14-17-5-2-3-7-20(17)24)22(28)18-6-4-12-26(15-18)21(27)13-16-8-10-19(23)11-9-16/h2-3,5,7-11,18H,4,6,12-15H2,1H3. The van der Waals surface area contributed by atoms with Gasteiger partial charge in [-0.1, -0.05) is 30.3 Å². The Kier molecular flexibility index (Phi) is 6.39. The Hall–Kier alpha value is -2.76. The molecule has 0 N–H and O–H groups in total. The fraction of sp³-hybridized carbons (Fsp3) is 0.364. The van der Waals surface area contributed by atoms with Crippen LogP contribution in [0.15, 0.2) is 48.5 Å². The van der Waals surface area contributed by atoms with E-state index in [1.54, 1.807) is 42.3 Å². The molecule has 2 aromatic rings. The molecule has 2 aromatic carbocycles. The normalized spacial score (nSPS) is 16.7. The number of amides is 2. The van der Waals surface area contributed by atoms with Crippen LogP contribution in [-0.4, -0.2) is 41.8 Å². The molecular weight excluding hydrogens is 362 g/mol. The second-order valence-corrected chi connectivity index (χ2v) is 7.27. The molecule has 1 saturated heterocycles. The number of halogens is 2. The predicted octanol–water partition coefficient (Wildman–Crippen LogP) is 3.40. The van der Waals surface area contributed by atoms with E-state index in [1.165, 1.54) is 23.1 Å². The lowest BCUT2D eigenvalue weighted by molar-refractivity contribution is -0.140. The average Bonchev–Trinajstić information content (AvgIpc) is 2.71. The fourth-order valence-electron chi connectivity index (χ4n) is 3.57. The van der Waals surface area contributed by atoms with Crippen LogP contribution in [0.5, 0.6) is 0 Å². The zero-order valence-electron chi connectivity index (χ0n) is 15.9. The van der Waals surface area contributed by atoms with Crippen LogP contribution in [0.4, 0.5) is 8.78 Å². The van der Waals surface area contributed by atoms with E-state index < -0.39 is 0 Å². The van der Waals surface area contributed by atoms with Gasteiger partial charge in [0.2, 0.25) is 11.8 Å². The molecule has 148 valence electrons. The fourth-order valence-corrected chi connectivity index (χ4v) is 3.57. The highest BCUT2D eigenvalue weighted by molar-refractivity contribution is 5.82. The van der Waals surface area contributed by atoms with E-state index in [9.17, 15) is 18.4 Å². The Labute approximate surface area is 163 Å². The summed E-state index contributed by atoms with van der Waals surface area (Å²) < 4.78 is 26.9. The summed E-state index contributed by atoms with van der Waals surface area (Å²) in [4.78, 5) is 28.6. The Balaban J connectivity index is 1.58. The van der Waals surface area contributed by atoms with Gasteiger partial charge in [0, 0.05) is 32.2 Å². The molecule has 0 saturated carbocycles. The summed E-state index contributed by atoms with van der Waals surface area (Å²) in [6.07, 6.45) is 1.64. The summed E-state index contributed by atoms with van der Waals surface area (Å²) in [5.74, 6) is -1.11. The zero-order chi connectivity index (χ0) is 20.1. The number of nitrogens with zero attached hydrogens (tertiary/aromatic N) is 2. The van der Waals surface area contributed by atoms with Crippen LogP contribution in [0.25, 0.3) is 0 Å². The van der Waals surface area contributed by atoms with Gasteiger partial charge in [-0.3, -0.25) is 9.59 Å². The van der Waals surface area contributed by atoms with E-state index in [0.717, 1.165) is 12.0 Å². The lowest BCUT2D eigenvalue weighted by Crippen LogP contribution is -2.46. The molecule has 3 rings (SSSR count). The van der Waals surface area contributed by atoms with Crippen molar-refractivity contribution in [3.63, 3.8) is 0 Å². The smallest absolute Gasteiger partial charge is 0.227 e. The number of piperidine rings is 1. The summed E-state index contributed by atoms with van der Waals surface area (Å²) in [5.41, 5.74) is 1.22. The largest absolute Gasteiger partial charge is 0.342 e. The third kappa shape index (κ3) is 4.94. The molecule has 6 heteroatoms. The van der Waals surface area contributed by atoms with Crippen molar-refractivity contribution in [2.24, 2.45) is 5.92 Å². The molecule has 4 nitrogen and oxygen atoms in total. The second-order valence-electron chi connectivity index (χ2n) is 7.27. The molecule has 2 amide bonds. The first-order chi connectivity index (χ1) is 13.4. The van der Waals surface area contributed by atoms with Gasteiger partial charge in [0.15, 0.2) is 0 Å². The molecule has 1 aliphatic rings. The van der Waals surface area contributed by atoms with Gasteiger partial charge in [-0.25, -0.2) is 8.78 Å². The highest BCUT2D eigenvalue weighted by atomic mass is 19.1. The van der Waals surface area contributed by atoms with Gasteiger partial charge in [-0.05, 0) is 36.6 Å². The van der Waals surface area contributed by atoms with Crippen molar-refractivity contribution in [2.45, 2.75) is 25.8 Å².